The first-order chi connectivity index (χ1) is 9.35. The van der Waals surface area contributed by atoms with Crippen LogP contribution in [0, 0.1) is 18.6 Å². The van der Waals surface area contributed by atoms with Gasteiger partial charge in [-0.1, -0.05) is 6.07 Å². The molecule has 0 unspecified atom stereocenters. The Hall–Kier alpha value is -1.93. The molecule has 2 aromatic rings. The van der Waals surface area contributed by atoms with Crippen molar-refractivity contribution < 1.29 is 21.6 Å². The Balaban J connectivity index is 2.41. The number of furan rings is 1. The van der Waals surface area contributed by atoms with Gasteiger partial charge in [0.1, 0.15) is 17.3 Å². The fourth-order valence-electron chi connectivity index (χ4n) is 1.55. The van der Waals surface area contributed by atoms with E-state index >= 15 is 0 Å². The number of benzene rings is 1. The summed E-state index contributed by atoms with van der Waals surface area (Å²) in [6, 6.07) is 4.72. The average molecular weight is 302 g/mol. The van der Waals surface area contributed by atoms with Crippen LogP contribution in [0.4, 0.5) is 14.5 Å². The van der Waals surface area contributed by atoms with Crippen LogP contribution in [0.5, 0.6) is 0 Å². The Kier molecular flexibility index (Phi) is 3.78. The van der Waals surface area contributed by atoms with Gasteiger partial charge in [0, 0.05) is 0 Å². The van der Waals surface area contributed by atoms with Crippen molar-refractivity contribution >= 4 is 15.7 Å². The number of sulfonamides is 1. The van der Waals surface area contributed by atoms with Crippen molar-refractivity contribution in [1.82, 2.24) is 0 Å². The number of rotatable bonds is 4. The number of aryl methyl sites for hydroxylation is 1. The number of hydrogen-bond acceptors (Lipinski definition) is 4. The molecule has 0 fully saturated rings. The number of nitrogens with two attached hydrogens (primary N) is 1. The third kappa shape index (κ3) is 2.66. The van der Waals surface area contributed by atoms with E-state index in [9.17, 15) is 17.2 Å². The van der Waals surface area contributed by atoms with E-state index in [0.717, 1.165) is 12.1 Å². The smallest absolute Gasteiger partial charge is 0.295 e. The van der Waals surface area contributed by atoms with E-state index in [2.05, 4.69) is 0 Å². The van der Waals surface area contributed by atoms with Crippen LogP contribution in [0.15, 0.2) is 33.8 Å². The molecule has 20 heavy (non-hydrogen) atoms. The lowest BCUT2D eigenvalue weighted by Gasteiger charge is -2.09. The molecule has 108 valence electrons. The minimum Gasteiger partial charge on any atom is -0.446 e. The zero-order chi connectivity index (χ0) is 14.9. The third-order valence-corrected chi connectivity index (χ3v) is 3.85. The van der Waals surface area contributed by atoms with Crippen LogP contribution in [-0.4, -0.2) is 8.42 Å². The molecule has 0 aliphatic rings. The van der Waals surface area contributed by atoms with Gasteiger partial charge < -0.3 is 10.2 Å². The van der Waals surface area contributed by atoms with Gasteiger partial charge in [0.25, 0.3) is 10.0 Å². The molecule has 0 bridgehead atoms. The van der Waals surface area contributed by atoms with Gasteiger partial charge in [0.15, 0.2) is 5.82 Å². The Morgan fingerprint density at radius 3 is 2.55 bits per heavy atom. The Morgan fingerprint density at radius 2 is 1.95 bits per heavy atom. The molecule has 0 saturated heterocycles. The fourth-order valence-corrected chi connectivity index (χ4v) is 2.57. The lowest BCUT2D eigenvalue weighted by Crippen LogP contribution is -2.15. The number of hydrogen-bond donors (Lipinski definition) is 2. The van der Waals surface area contributed by atoms with Gasteiger partial charge in [-0.3, -0.25) is 4.72 Å². The average Bonchev–Trinajstić information content (AvgIpc) is 2.89. The molecule has 1 aromatic heterocycles. The van der Waals surface area contributed by atoms with Crippen LogP contribution in [-0.2, 0) is 16.6 Å². The second kappa shape index (κ2) is 5.22. The van der Waals surface area contributed by atoms with Crippen LogP contribution in [0.2, 0.25) is 0 Å². The van der Waals surface area contributed by atoms with Crippen LogP contribution in [0.3, 0.4) is 0 Å². The van der Waals surface area contributed by atoms with Crippen LogP contribution in [0.25, 0.3) is 0 Å². The topological polar surface area (TPSA) is 85.3 Å². The lowest BCUT2D eigenvalue weighted by atomic mass is 10.2. The van der Waals surface area contributed by atoms with E-state index in [4.69, 9.17) is 10.2 Å². The SMILES string of the molecule is Cc1ccc(F)c(NS(=O)(=O)c2ccc(CN)o2)c1F. The first-order valence-corrected chi connectivity index (χ1v) is 7.09. The summed E-state index contributed by atoms with van der Waals surface area (Å²) in [5.74, 6) is -1.74. The quantitative estimate of drug-likeness (QED) is 0.906. The molecule has 1 aromatic carbocycles. The molecule has 5 nitrogen and oxygen atoms in total. The molecule has 1 heterocycles. The molecule has 8 heteroatoms. The summed E-state index contributed by atoms with van der Waals surface area (Å²) in [6.07, 6.45) is 0. The molecular formula is C12H12F2N2O3S. The van der Waals surface area contributed by atoms with Gasteiger partial charge in [-0.25, -0.2) is 8.78 Å². The lowest BCUT2D eigenvalue weighted by molar-refractivity contribution is 0.417. The van der Waals surface area contributed by atoms with Gasteiger partial charge >= 0.3 is 0 Å². The molecule has 0 radical (unpaired) electrons. The van der Waals surface area contributed by atoms with Gasteiger partial charge in [-0.05, 0) is 30.7 Å². The zero-order valence-corrected chi connectivity index (χ0v) is 11.3. The summed E-state index contributed by atoms with van der Waals surface area (Å²) >= 11 is 0. The molecule has 0 aliphatic carbocycles. The second-order valence-electron chi connectivity index (χ2n) is 4.08. The largest absolute Gasteiger partial charge is 0.446 e. The van der Waals surface area contributed by atoms with E-state index in [1.807, 2.05) is 4.72 Å². The van der Waals surface area contributed by atoms with Gasteiger partial charge in [-0.2, -0.15) is 8.42 Å². The van der Waals surface area contributed by atoms with E-state index in [0.29, 0.717) is 0 Å². The summed E-state index contributed by atoms with van der Waals surface area (Å²) in [4.78, 5) is 0. The monoisotopic (exact) mass is 302 g/mol. The Morgan fingerprint density at radius 1 is 1.25 bits per heavy atom. The molecule has 0 spiro atoms. The maximum absolute atomic E-state index is 13.8. The summed E-state index contributed by atoms with van der Waals surface area (Å²) < 4.78 is 58.0. The number of anilines is 1. The van der Waals surface area contributed by atoms with Crippen LogP contribution >= 0.6 is 0 Å². The van der Waals surface area contributed by atoms with Gasteiger partial charge in [-0.15, -0.1) is 0 Å². The first-order valence-electron chi connectivity index (χ1n) is 5.61. The highest BCUT2D eigenvalue weighted by molar-refractivity contribution is 7.92. The second-order valence-corrected chi connectivity index (χ2v) is 5.70. The normalized spacial score (nSPS) is 11.6. The highest BCUT2D eigenvalue weighted by Gasteiger charge is 2.23. The van der Waals surface area contributed by atoms with Crippen molar-refractivity contribution in [3.63, 3.8) is 0 Å². The summed E-state index contributed by atoms with van der Waals surface area (Å²) in [5, 5.41) is -0.460. The number of halogens is 2. The summed E-state index contributed by atoms with van der Waals surface area (Å²) in [7, 11) is -4.22. The zero-order valence-electron chi connectivity index (χ0n) is 10.5. The predicted molar refractivity (Wildman–Crippen MR) is 68.5 cm³/mol. The molecular weight excluding hydrogens is 290 g/mol. The third-order valence-electron chi connectivity index (χ3n) is 2.62. The standard InChI is InChI=1S/C12H12F2N2O3S/c1-7-2-4-9(13)12(11(7)14)16-20(17,18)10-5-3-8(6-15)19-10/h2-5,16H,6,15H2,1H3. The molecule has 0 atom stereocenters. The molecule has 0 aliphatic heterocycles. The van der Waals surface area contributed by atoms with Crippen molar-refractivity contribution in [2.24, 2.45) is 5.73 Å². The summed E-state index contributed by atoms with van der Waals surface area (Å²) in [5.41, 5.74) is 4.67. The van der Waals surface area contributed by atoms with Crippen molar-refractivity contribution in [2.75, 3.05) is 4.72 Å². The fraction of sp³-hybridized carbons (Fsp3) is 0.167. The molecule has 2 rings (SSSR count). The predicted octanol–water partition coefficient (Wildman–Crippen LogP) is 2.13. The molecule has 0 saturated carbocycles. The van der Waals surface area contributed by atoms with Crippen molar-refractivity contribution in [3.05, 3.63) is 47.2 Å². The minimum atomic E-state index is -4.22. The maximum Gasteiger partial charge on any atom is 0.295 e. The van der Waals surface area contributed by atoms with E-state index in [1.165, 1.54) is 19.1 Å². The van der Waals surface area contributed by atoms with Crippen LogP contribution in [0.1, 0.15) is 11.3 Å². The van der Waals surface area contributed by atoms with E-state index < -0.39 is 32.4 Å². The van der Waals surface area contributed by atoms with Crippen molar-refractivity contribution in [3.8, 4) is 0 Å². The number of nitrogens with one attached hydrogen (secondary N) is 1. The molecule has 3 N–H and O–H groups in total. The maximum atomic E-state index is 13.8. The van der Waals surface area contributed by atoms with Crippen molar-refractivity contribution in [2.45, 2.75) is 18.6 Å². The highest BCUT2D eigenvalue weighted by Crippen LogP contribution is 2.25. The van der Waals surface area contributed by atoms with E-state index in [-0.39, 0.29) is 17.9 Å². The van der Waals surface area contributed by atoms with Crippen molar-refractivity contribution in [1.29, 1.82) is 0 Å². The van der Waals surface area contributed by atoms with E-state index in [1.54, 1.807) is 0 Å². The van der Waals surface area contributed by atoms with Gasteiger partial charge in [0.05, 0.1) is 6.54 Å². The highest BCUT2D eigenvalue weighted by atomic mass is 32.2. The first kappa shape index (κ1) is 14.5. The Labute approximate surface area is 114 Å². The summed E-state index contributed by atoms with van der Waals surface area (Å²) in [6.45, 7) is 1.41. The molecule has 0 amide bonds. The van der Waals surface area contributed by atoms with Crippen LogP contribution < -0.4 is 10.5 Å². The Bertz CT molecular complexity index is 741. The van der Waals surface area contributed by atoms with Gasteiger partial charge in [0.2, 0.25) is 5.09 Å². The minimum absolute atomic E-state index is 0.0166.